The summed E-state index contributed by atoms with van der Waals surface area (Å²) in [6.07, 6.45) is 9.11. The summed E-state index contributed by atoms with van der Waals surface area (Å²) in [6, 6.07) is 0. The van der Waals surface area contributed by atoms with Gasteiger partial charge in [-0.25, -0.2) is 0 Å². The van der Waals surface area contributed by atoms with E-state index in [4.69, 9.17) is 18.6 Å². The molecule has 0 N–H and O–H groups in total. The van der Waals surface area contributed by atoms with Crippen molar-refractivity contribution in [2.45, 2.75) is 128 Å². The molecule has 2 aliphatic heterocycles. The quantitative estimate of drug-likeness (QED) is 0.597. The van der Waals surface area contributed by atoms with E-state index in [0.29, 0.717) is 0 Å². The van der Waals surface area contributed by atoms with Crippen molar-refractivity contribution >= 4 is 14.2 Å². The molecule has 0 amide bonds. The van der Waals surface area contributed by atoms with Crippen LogP contribution >= 0.6 is 0 Å². The Morgan fingerprint density at radius 2 is 1.04 bits per heavy atom. The molecule has 154 valence electrons. The Bertz CT molecular complexity index is 458. The minimum atomic E-state index is -0.329. The van der Waals surface area contributed by atoms with Gasteiger partial charge in [-0.1, -0.05) is 44.9 Å². The molecular formula is C21H40B2O4. The molecule has 0 aromatic rings. The van der Waals surface area contributed by atoms with Gasteiger partial charge >= 0.3 is 14.2 Å². The van der Waals surface area contributed by atoms with Crippen molar-refractivity contribution in [1.82, 2.24) is 0 Å². The van der Waals surface area contributed by atoms with Gasteiger partial charge in [0.2, 0.25) is 0 Å². The smallest absolute Gasteiger partial charge is 0.403 e. The van der Waals surface area contributed by atoms with Gasteiger partial charge in [0.05, 0.1) is 22.4 Å². The molecule has 2 saturated heterocycles. The van der Waals surface area contributed by atoms with Crippen LogP contribution < -0.4 is 0 Å². The molecule has 2 heterocycles. The molecule has 6 heteroatoms. The highest BCUT2D eigenvalue weighted by Gasteiger charge is 2.61. The predicted octanol–water partition coefficient (Wildman–Crippen LogP) is 5.44. The molecule has 0 radical (unpaired) electrons. The second-order valence-corrected chi connectivity index (χ2v) is 11.0. The molecule has 4 nitrogen and oxygen atoms in total. The average molecular weight is 378 g/mol. The molecule has 27 heavy (non-hydrogen) atoms. The third-order valence-electron chi connectivity index (χ3n) is 7.88. The van der Waals surface area contributed by atoms with Gasteiger partial charge in [0.1, 0.15) is 0 Å². The Balaban J connectivity index is 1.75. The molecule has 3 aliphatic rings. The van der Waals surface area contributed by atoms with Crippen LogP contribution in [0.15, 0.2) is 0 Å². The van der Waals surface area contributed by atoms with E-state index in [1.165, 1.54) is 38.5 Å². The molecule has 0 aromatic carbocycles. The summed E-state index contributed by atoms with van der Waals surface area (Å²) >= 11 is 0. The molecule has 0 spiro atoms. The first kappa shape index (κ1) is 21.7. The molecule has 0 aromatic heterocycles. The van der Waals surface area contributed by atoms with Crippen LogP contribution in [0.4, 0.5) is 0 Å². The van der Waals surface area contributed by atoms with Crippen molar-refractivity contribution in [1.29, 1.82) is 0 Å². The Morgan fingerprint density at radius 1 is 0.667 bits per heavy atom. The van der Waals surface area contributed by atoms with Crippen LogP contribution in [-0.2, 0) is 18.6 Å². The Labute approximate surface area is 167 Å². The van der Waals surface area contributed by atoms with Gasteiger partial charge in [0.15, 0.2) is 0 Å². The number of hydrogen-bond donors (Lipinski definition) is 0. The highest BCUT2D eigenvalue weighted by atomic mass is 16.7. The van der Waals surface area contributed by atoms with Crippen LogP contribution in [0.3, 0.4) is 0 Å². The standard InChI is InChI=1S/C21H40B2O4/c1-18(2)19(3,4)25-22(24-18)17(15-14-16-12-10-9-11-13-16)23-26-20(5,6)21(7,8)27-23/h16-17H,9-15H2,1-8H3. The van der Waals surface area contributed by atoms with Crippen molar-refractivity contribution in [2.75, 3.05) is 0 Å². The molecule has 0 bridgehead atoms. The Morgan fingerprint density at radius 3 is 1.41 bits per heavy atom. The lowest BCUT2D eigenvalue weighted by atomic mass is 9.49. The molecule has 3 rings (SSSR count). The fourth-order valence-electron chi connectivity index (χ4n) is 4.43. The van der Waals surface area contributed by atoms with Crippen molar-refractivity contribution in [3.8, 4) is 0 Å². The first-order valence-corrected chi connectivity index (χ1v) is 11.1. The molecule has 1 aliphatic carbocycles. The largest absolute Gasteiger partial charge is 0.458 e. The average Bonchev–Trinajstić information content (AvgIpc) is 2.88. The zero-order valence-electron chi connectivity index (χ0n) is 18.9. The summed E-state index contributed by atoms with van der Waals surface area (Å²) in [5.74, 6) is 0.825. The SMILES string of the molecule is CC1(C)OB(C(CCC2CCCCC2)B2OC(C)(C)C(C)(C)O2)OC1(C)C. The van der Waals surface area contributed by atoms with Gasteiger partial charge in [-0.3, -0.25) is 0 Å². The summed E-state index contributed by atoms with van der Waals surface area (Å²) in [7, 11) is -0.568. The van der Waals surface area contributed by atoms with Gasteiger partial charge in [0.25, 0.3) is 0 Å². The van der Waals surface area contributed by atoms with Crippen LogP contribution in [0.25, 0.3) is 0 Å². The van der Waals surface area contributed by atoms with Gasteiger partial charge < -0.3 is 18.6 Å². The maximum Gasteiger partial charge on any atom is 0.458 e. The van der Waals surface area contributed by atoms with Gasteiger partial charge in [-0.15, -0.1) is 0 Å². The summed E-state index contributed by atoms with van der Waals surface area (Å²) in [5.41, 5.74) is -1.22. The van der Waals surface area contributed by atoms with E-state index in [-0.39, 0.29) is 42.4 Å². The molecule has 0 atom stereocenters. The highest BCUT2D eigenvalue weighted by Crippen LogP contribution is 2.47. The first-order valence-electron chi connectivity index (χ1n) is 11.1. The van der Waals surface area contributed by atoms with Crippen molar-refractivity contribution in [2.24, 2.45) is 5.92 Å². The number of hydrogen-bond acceptors (Lipinski definition) is 4. The normalized spacial score (nSPS) is 29.7. The summed E-state index contributed by atoms with van der Waals surface area (Å²) < 4.78 is 25.7. The van der Waals surface area contributed by atoms with Crippen LogP contribution in [0.2, 0.25) is 5.72 Å². The summed E-state index contributed by atoms with van der Waals surface area (Å²) in [6.45, 7) is 17.0. The van der Waals surface area contributed by atoms with Crippen LogP contribution in [-0.4, -0.2) is 36.6 Å². The fourth-order valence-corrected chi connectivity index (χ4v) is 4.43. The molecule has 3 fully saturated rings. The molecule has 1 saturated carbocycles. The number of rotatable bonds is 5. The van der Waals surface area contributed by atoms with Crippen LogP contribution in [0.5, 0.6) is 0 Å². The lowest BCUT2D eigenvalue weighted by Gasteiger charge is -2.32. The monoisotopic (exact) mass is 378 g/mol. The minimum Gasteiger partial charge on any atom is -0.403 e. The maximum atomic E-state index is 6.43. The second kappa shape index (κ2) is 7.34. The van der Waals surface area contributed by atoms with Crippen molar-refractivity contribution in [3.05, 3.63) is 0 Å². The van der Waals surface area contributed by atoms with Gasteiger partial charge in [-0.2, -0.15) is 0 Å². The van der Waals surface area contributed by atoms with Crippen molar-refractivity contribution in [3.63, 3.8) is 0 Å². The lowest BCUT2D eigenvalue weighted by molar-refractivity contribution is 0.00578. The third kappa shape index (κ3) is 4.29. The van der Waals surface area contributed by atoms with Gasteiger partial charge in [0, 0.05) is 5.72 Å². The summed E-state index contributed by atoms with van der Waals surface area (Å²) in [4.78, 5) is 0. The van der Waals surface area contributed by atoms with E-state index in [1.54, 1.807) is 0 Å². The highest BCUT2D eigenvalue weighted by molar-refractivity contribution is 6.68. The molecule has 0 unspecified atom stereocenters. The predicted molar refractivity (Wildman–Crippen MR) is 112 cm³/mol. The van der Waals surface area contributed by atoms with Crippen molar-refractivity contribution < 1.29 is 18.6 Å². The second-order valence-electron chi connectivity index (χ2n) is 11.0. The zero-order chi connectivity index (χ0) is 20.1. The first-order chi connectivity index (χ1) is 12.3. The van der Waals surface area contributed by atoms with Gasteiger partial charge in [-0.05, 0) is 61.3 Å². The van der Waals surface area contributed by atoms with E-state index in [9.17, 15) is 0 Å². The third-order valence-corrected chi connectivity index (χ3v) is 7.88. The minimum absolute atomic E-state index is 0.0917. The van der Waals surface area contributed by atoms with E-state index in [2.05, 4.69) is 55.4 Å². The maximum absolute atomic E-state index is 6.43. The van der Waals surface area contributed by atoms with E-state index in [0.717, 1.165) is 12.3 Å². The Kier molecular flexibility index (Phi) is 5.89. The lowest BCUT2D eigenvalue weighted by Crippen LogP contribution is -2.41. The van der Waals surface area contributed by atoms with Crippen LogP contribution in [0, 0.1) is 5.92 Å². The Hall–Kier alpha value is -0.0301. The zero-order valence-corrected chi connectivity index (χ0v) is 18.9. The fraction of sp³-hybridized carbons (Fsp3) is 1.00. The topological polar surface area (TPSA) is 36.9 Å². The molecular weight excluding hydrogens is 338 g/mol. The van der Waals surface area contributed by atoms with E-state index < -0.39 is 0 Å². The summed E-state index contributed by atoms with van der Waals surface area (Å²) in [5, 5.41) is 0. The van der Waals surface area contributed by atoms with E-state index in [1.807, 2.05) is 0 Å². The van der Waals surface area contributed by atoms with E-state index >= 15 is 0 Å². The van der Waals surface area contributed by atoms with Crippen LogP contribution in [0.1, 0.15) is 100 Å².